The third-order valence-electron chi connectivity index (χ3n) is 4.13. The number of ether oxygens (including phenoxy) is 2. The van der Waals surface area contributed by atoms with Gasteiger partial charge < -0.3 is 9.47 Å². The van der Waals surface area contributed by atoms with Gasteiger partial charge in [0.15, 0.2) is 0 Å². The number of hydrogen-bond donors (Lipinski definition) is 0. The molecule has 0 N–H and O–H groups in total. The Balaban J connectivity index is 0.000000172. The van der Waals surface area contributed by atoms with Crippen molar-refractivity contribution in [3.63, 3.8) is 0 Å². The quantitative estimate of drug-likeness (QED) is 0.734. The SMILES string of the molecule is C=C(C)C1CCOCC1.c1ccc(SC2CCOCC2)cc1. The van der Waals surface area contributed by atoms with Crippen LogP contribution in [0.3, 0.4) is 0 Å². The van der Waals surface area contributed by atoms with Crippen molar-refractivity contribution in [1.82, 2.24) is 0 Å². The zero-order valence-electron chi connectivity index (χ0n) is 13.6. The first-order valence-corrected chi connectivity index (χ1v) is 9.16. The summed E-state index contributed by atoms with van der Waals surface area (Å²) in [6.07, 6.45) is 4.74. The third-order valence-corrected chi connectivity index (χ3v) is 5.48. The van der Waals surface area contributed by atoms with Crippen LogP contribution in [0.4, 0.5) is 0 Å². The van der Waals surface area contributed by atoms with E-state index in [0.29, 0.717) is 0 Å². The average molecular weight is 320 g/mol. The Labute approximate surface area is 139 Å². The Hall–Kier alpha value is -0.770. The minimum absolute atomic E-state index is 0.735. The summed E-state index contributed by atoms with van der Waals surface area (Å²) in [4.78, 5) is 1.38. The van der Waals surface area contributed by atoms with Crippen molar-refractivity contribution < 1.29 is 9.47 Å². The second kappa shape index (κ2) is 10.1. The maximum absolute atomic E-state index is 5.32. The summed E-state index contributed by atoms with van der Waals surface area (Å²) in [5, 5.41) is 0.760. The van der Waals surface area contributed by atoms with Gasteiger partial charge in [-0.15, -0.1) is 11.8 Å². The number of thioether (sulfide) groups is 1. The van der Waals surface area contributed by atoms with Crippen LogP contribution in [0.25, 0.3) is 0 Å². The highest BCUT2D eigenvalue weighted by molar-refractivity contribution is 8.00. The first-order chi connectivity index (χ1) is 10.8. The zero-order chi connectivity index (χ0) is 15.6. The molecular weight excluding hydrogens is 292 g/mol. The minimum atomic E-state index is 0.735. The number of benzene rings is 1. The van der Waals surface area contributed by atoms with Gasteiger partial charge in [-0.2, -0.15) is 0 Å². The molecule has 2 aliphatic heterocycles. The van der Waals surface area contributed by atoms with Gasteiger partial charge in [-0.3, -0.25) is 0 Å². The monoisotopic (exact) mass is 320 g/mol. The van der Waals surface area contributed by atoms with Crippen LogP contribution >= 0.6 is 11.8 Å². The van der Waals surface area contributed by atoms with Crippen molar-refractivity contribution in [1.29, 1.82) is 0 Å². The highest BCUT2D eigenvalue weighted by Gasteiger charge is 2.14. The van der Waals surface area contributed by atoms with E-state index in [9.17, 15) is 0 Å². The lowest BCUT2D eigenvalue weighted by Gasteiger charge is -2.21. The van der Waals surface area contributed by atoms with Gasteiger partial charge in [0.05, 0.1) is 0 Å². The molecule has 1 aromatic rings. The van der Waals surface area contributed by atoms with Gasteiger partial charge in [0.25, 0.3) is 0 Å². The molecule has 2 fully saturated rings. The van der Waals surface area contributed by atoms with E-state index in [2.05, 4.69) is 43.8 Å². The lowest BCUT2D eigenvalue weighted by Crippen LogP contribution is -2.17. The van der Waals surface area contributed by atoms with Crippen molar-refractivity contribution in [3.8, 4) is 0 Å². The Morgan fingerprint density at radius 2 is 1.50 bits per heavy atom. The molecule has 22 heavy (non-hydrogen) atoms. The molecule has 1 aromatic carbocycles. The van der Waals surface area contributed by atoms with Crippen LogP contribution in [0, 0.1) is 5.92 Å². The predicted octanol–water partition coefficient (Wildman–Crippen LogP) is 4.95. The second-order valence-corrected chi connectivity index (χ2v) is 7.35. The second-order valence-electron chi connectivity index (χ2n) is 5.98. The maximum Gasteiger partial charge on any atom is 0.0476 e. The third kappa shape index (κ3) is 6.55. The van der Waals surface area contributed by atoms with Crippen molar-refractivity contribution >= 4 is 11.8 Å². The zero-order valence-corrected chi connectivity index (χ0v) is 14.4. The molecule has 2 heterocycles. The highest BCUT2D eigenvalue weighted by Crippen LogP contribution is 2.29. The molecule has 0 radical (unpaired) electrons. The maximum atomic E-state index is 5.32. The van der Waals surface area contributed by atoms with Crippen LogP contribution in [0.5, 0.6) is 0 Å². The largest absolute Gasteiger partial charge is 0.381 e. The van der Waals surface area contributed by atoms with Crippen molar-refractivity contribution in [2.24, 2.45) is 5.92 Å². The summed E-state index contributed by atoms with van der Waals surface area (Å²) in [7, 11) is 0. The van der Waals surface area contributed by atoms with Gasteiger partial charge in [0.1, 0.15) is 0 Å². The molecule has 0 amide bonds. The van der Waals surface area contributed by atoms with Gasteiger partial charge in [-0.25, -0.2) is 0 Å². The van der Waals surface area contributed by atoms with E-state index in [1.54, 1.807) is 0 Å². The fourth-order valence-corrected chi connectivity index (χ4v) is 3.80. The molecule has 2 saturated heterocycles. The topological polar surface area (TPSA) is 18.5 Å². The van der Waals surface area contributed by atoms with Gasteiger partial charge in [-0.1, -0.05) is 30.4 Å². The molecule has 0 aromatic heterocycles. The predicted molar refractivity (Wildman–Crippen MR) is 94.5 cm³/mol. The van der Waals surface area contributed by atoms with E-state index in [0.717, 1.165) is 37.6 Å². The van der Waals surface area contributed by atoms with E-state index >= 15 is 0 Å². The molecule has 0 spiro atoms. The fourth-order valence-electron chi connectivity index (χ4n) is 2.68. The van der Waals surface area contributed by atoms with Crippen LogP contribution in [0.2, 0.25) is 0 Å². The van der Waals surface area contributed by atoms with Gasteiger partial charge in [0.2, 0.25) is 0 Å². The first-order valence-electron chi connectivity index (χ1n) is 8.28. The normalized spacial score (nSPS) is 20.0. The molecule has 0 aliphatic carbocycles. The van der Waals surface area contributed by atoms with E-state index in [1.165, 1.54) is 36.2 Å². The number of hydrogen-bond acceptors (Lipinski definition) is 3. The van der Waals surface area contributed by atoms with Crippen molar-refractivity contribution in [3.05, 3.63) is 42.5 Å². The lowest BCUT2D eigenvalue weighted by molar-refractivity contribution is 0.0759. The lowest BCUT2D eigenvalue weighted by atomic mass is 9.94. The summed E-state index contributed by atoms with van der Waals surface area (Å²) < 4.78 is 10.5. The molecule has 3 heteroatoms. The van der Waals surface area contributed by atoms with Gasteiger partial charge in [-0.05, 0) is 50.7 Å². The Kier molecular flexibility index (Phi) is 8.06. The highest BCUT2D eigenvalue weighted by atomic mass is 32.2. The molecule has 0 bridgehead atoms. The van der Waals surface area contributed by atoms with Gasteiger partial charge >= 0.3 is 0 Å². The van der Waals surface area contributed by atoms with Crippen LogP contribution in [0.15, 0.2) is 47.4 Å². The molecule has 2 aliphatic rings. The minimum Gasteiger partial charge on any atom is -0.381 e. The molecular formula is C19H28O2S. The summed E-state index contributed by atoms with van der Waals surface area (Å²) in [6, 6.07) is 10.6. The van der Waals surface area contributed by atoms with Crippen LogP contribution in [0.1, 0.15) is 32.6 Å². The van der Waals surface area contributed by atoms with Crippen LogP contribution < -0.4 is 0 Å². The van der Waals surface area contributed by atoms with Crippen LogP contribution in [-0.2, 0) is 9.47 Å². The van der Waals surface area contributed by atoms with Crippen molar-refractivity contribution in [2.45, 2.75) is 42.8 Å². The standard InChI is InChI=1S/C11H14OS.C8H14O/c1-2-4-10(5-3-1)13-11-6-8-12-9-7-11;1-7(2)8-3-5-9-6-4-8/h1-5,11H,6-9H2;8H,1,3-6H2,2H3. The van der Waals surface area contributed by atoms with E-state index < -0.39 is 0 Å². The smallest absolute Gasteiger partial charge is 0.0476 e. The summed E-state index contributed by atoms with van der Waals surface area (Å²) >= 11 is 1.98. The van der Waals surface area contributed by atoms with E-state index in [1.807, 2.05) is 11.8 Å². The van der Waals surface area contributed by atoms with Crippen molar-refractivity contribution in [2.75, 3.05) is 26.4 Å². The molecule has 0 unspecified atom stereocenters. The summed E-state index contributed by atoms with van der Waals surface area (Å²) in [6.45, 7) is 9.76. The number of allylic oxidation sites excluding steroid dienone is 1. The Morgan fingerprint density at radius 1 is 0.955 bits per heavy atom. The molecule has 2 nitrogen and oxygen atoms in total. The van der Waals surface area contributed by atoms with E-state index in [-0.39, 0.29) is 0 Å². The number of rotatable bonds is 3. The molecule has 0 atom stereocenters. The average Bonchev–Trinajstić information content (AvgIpc) is 2.58. The molecule has 122 valence electrons. The molecule has 3 rings (SSSR count). The fraction of sp³-hybridized carbons (Fsp3) is 0.579. The Morgan fingerprint density at radius 3 is 2.00 bits per heavy atom. The molecule has 0 saturated carbocycles. The summed E-state index contributed by atoms with van der Waals surface area (Å²) in [5.41, 5.74) is 1.32. The first kappa shape index (κ1) is 17.6. The van der Waals surface area contributed by atoms with Gasteiger partial charge in [0, 0.05) is 36.6 Å². The van der Waals surface area contributed by atoms with Crippen LogP contribution in [-0.4, -0.2) is 31.7 Å². The Bertz CT molecular complexity index is 420. The van der Waals surface area contributed by atoms with E-state index in [4.69, 9.17) is 9.47 Å². The summed E-state index contributed by atoms with van der Waals surface area (Å²) in [5.74, 6) is 0.735.